The lowest BCUT2D eigenvalue weighted by molar-refractivity contribution is -0.116. The molecule has 0 atom stereocenters. The van der Waals surface area contributed by atoms with E-state index in [1.807, 2.05) is 32.0 Å². The molecule has 2 aromatic heterocycles. The van der Waals surface area contributed by atoms with E-state index in [4.69, 9.17) is 4.42 Å². The first-order valence-corrected chi connectivity index (χ1v) is 9.81. The van der Waals surface area contributed by atoms with Gasteiger partial charge in [0.1, 0.15) is 17.6 Å². The van der Waals surface area contributed by atoms with Crippen molar-refractivity contribution in [2.45, 2.75) is 40.3 Å². The standard InChI is InChI=1S/C23H23N3O4/c1-13(2)26-22(28)21-20(17-7-5-6-8-18(17)30-21)25(23(26)29)12-19(27)24-16-10-9-14(3)15(4)11-16/h5-11,13H,12H2,1-4H3,(H,24,27). The van der Waals surface area contributed by atoms with Crippen molar-refractivity contribution < 1.29 is 9.21 Å². The number of nitrogens with one attached hydrogen (secondary N) is 1. The van der Waals surface area contributed by atoms with Crippen LogP contribution < -0.4 is 16.6 Å². The van der Waals surface area contributed by atoms with Gasteiger partial charge < -0.3 is 9.73 Å². The van der Waals surface area contributed by atoms with Crippen molar-refractivity contribution in [3.8, 4) is 0 Å². The number of aromatic nitrogens is 2. The highest BCUT2D eigenvalue weighted by atomic mass is 16.3. The normalized spacial score (nSPS) is 11.5. The largest absolute Gasteiger partial charge is 0.449 e. The fourth-order valence-electron chi connectivity index (χ4n) is 3.63. The van der Waals surface area contributed by atoms with Gasteiger partial charge in [-0.15, -0.1) is 0 Å². The molecule has 1 N–H and O–H groups in total. The highest BCUT2D eigenvalue weighted by Gasteiger charge is 2.22. The number of carbonyl (C=O) groups is 1. The molecule has 0 radical (unpaired) electrons. The molecule has 4 rings (SSSR count). The van der Waals surface area contributed by atoms with Crippen LogP contribution in [0.2, 0.25) is 0 Å². The van der Waals surface area contributed by atoms with E-state index in [-0.39, 0.29) is 24.1 Å². The summed E-state index contributed by atoms with van der Waals surface area (Å²) in [5.74, 6) is -0.360. The van der Waals surface area contributed by atoms with E-state index < -0.39 is 11.2 Å². The zero-order chi connectivity index (χ0) is 21.6. The highest BCUT2D eigenvalue weighted by Crippen LogP contribution is 2.26. The van der Waals surface area contributed by atoms with Gasteiger partial charge in [0.25, 0.3) is 5.56 Å². The van der Waals surface area contributed by atoms with Gasteiger partial charge in [-0.25, -0.2) is 4.79 Å². The van der Waals surface area contributed by atoms with Crippen molar-refractivity contribution in [2.75, 3.05) is 5.32 Å². The molecule has 0 unspecified atom stereocenters. The number of furan rings is 1. The summed E-state index contributed by atoms with van der Waals surface area (Å²) in [5.41, 5.74) is 2.71. The Morgan fingerprint density at radius 2 is 1.80 bits per heavy atom. The molecule has 0 saturated heterocycles. The Hall–Kier alpha value is -3.61. The number of nitrogens with zero attached hydrogens (tertiary/aromatic N) is 2. The molecule has 4 aromatic rings. The van der Waals surface area contributed by atoms with Gasteiger partial charge >= 0.3 is 5.69 Å². The Kier molecular flexibility index (Phi) is 4.81. The molecule has 7 heteroatoms. The average molecular weight is 405 g/mol. The predicted molar refractivity (Wildman–Crippen MR) is 117 cm³/mol. The van der Waals surface area contributed by atoms with Gasteiger partial charge in [-0.1, -0.05) is 18.2 Å². The molecule has 2 aromatic carbocycles. The van der Waals surface area contributed by atoms with Crippen LogP contribution in [0.1, 0.15) is 31.0 Å². The van der Waals surface area contributed by atoms with Crippen LogP contribution in [0.3, 0.4) is 0 Å². The number of anilines is 1. The molecule has 2 heterocycles. The first-order chi connectivity index (χ1) is 14.3. The van der Waals surface area contributed by atoms with Crippen LogP contribution >= 0.6 is 0 Å². The Morgan fingerprint density at radius 1 is 1.07 bits per heavy atom. The predicted octanol–water partition coefficient (Wildman–Crippen LogP) is 3.75. The summed E-state index contributed by atoms with van der Waals surface area (Å²) in [7, 11) is 0. The van der Waals surface area contributed by atoms with E-state index in [9.17, 15) is 14.4 Å². The summed E-state index contributed by atoms with van der Waals surface area (Å²) >= 11 is 0. The van der Waals surface area contributed by atoms with Gasteiger partial charge in [0.15, 0.2) is 0 Å². The second kappa shape index (κ2) is 7.33. The maximum atomic E-state index is 13.2. The zero-order valence-electron chi connectivity index (χ0n) is 17.4. The summed E-state index contributed by atoms with van der Waals surface area (Å²) in [4.78, 5) is 38.9. The summed E-state index contributed by atoms with van der Waals surface area (Å²) in [6.45, 7) is 7.22. The molecule has 0 spiro atoms. The molecule has 0 bridgehead atoms. The van der Waals surface area contributed by atoms with E-state index in [1.54, 1.807) is 38.1 Å². The second-order valence-corrected chi connectivity index (χ2v) is 7.76. The number of hydrogen-bond donors (Lipinski definition) is 1. The average Bonchev–Trinajstić information content (AvgIpc) is 3.08. The number of para-hydroxylation sites is 1. The van der Waals surface area contributed by atoms with Crippen LogP contribution in [0, 0.1) is 13.8 Å². The molecular formula is C23H23N3O4. The minimum absolute atomic E-state index is 0.0727. The first-order valence-electron chi connectivity index (χ1n) is 9.81. The lowest BCUT2D eigenvalue weighted by Crippen LogP contribution is -2.42. The summed E-state index contributed by atoms with van der Waals surface area (Å²) in [6.07, 6.45) is 0. The fourth-order valence-corrected chi connectivity index (χ4v) is 3.63. The maximum Gasteiger partial charge on any atom is 0.332 e. The molecule has 0 aliphatic heterocycles. The first kappa shape index (κ1) is 19.7. The van der Waals surface area contributed by atoms with Gasteiger partial charge in [0, 0.05) is 17.1 Å². The summed E-state index contributed by atoms with van der Waals surface area (Å²) < 4.78 is 8.21. The lowest BCUT2D eigenvalue weighted by Gasteiger charge is -2.14. The van der Waals surface area contributed by atoms with E-state index in [0.717, 1.165) is 15.7 Å². The summed E-state index contributed by atoms with van der Waals surface area (Å²) in [5, 5.41) is 3.46. The monoisotopic (exact) mass is 405 g/mol. The molecule has 1 amide bonds. The van der Waals surface area contributed by atoms with E-state index >= 15 is 0 Å². The smallest absolute Gasteiger partial charge is 0.332 e. The third kappa shape index (κ3) is 3.22. The molecular weight excluding hydrogens is 382 g/mol. The third-order valence-electron chi connectivity index (χ3n) is 5.30. The van der Waals surface area contributed by atoms with Crippen molar-refractivity contribution >= 4 is 33.7 Å². The topological polar surface area (TPSA) is 86.2 Å². The minimum atomic E-state index is -0.538. The molecule has 0 aliphatic rings. The number of carbonyl (C=O) groups excluding carboxylic acids is 1. The van der Waals surface area contributed by atoms with Gasteiger partial charge in [-0.2, -0.15) is 0 Å². The Labute approximate surface area is 172 Å². The summed E-state index contributed by atoms with van der Waals surface area (Å²) in [6, 6.07) is 12.4. The van der Waals surface area contributed by atoms with Crippen LogP contribution in [0.5, 0.6) is 0 Å². The van der Waals surface area contributed by atoms with Crippen molar-refractivity contribution in [3.63, 3.8) is 0 Å². The van der Waals surface area contributed by atoms with Crippen molar-refractivity contribution in [1.29, 1.82) is 0 Å². The molecule has 0 fully saturated rings. The Balaban J connectivity index is 1.86. The quantitative estimate of drug-likeness (QED) is 0.560. The van der Waals surface area contributed by atoms with Gasteiger partial charge in [0.05, 0.1) is 0 Å². The van der Waals surface area contributed by atoms with Crippen molar-refractivity contribution in [2.24, 2.45) is 0 Å². The maximum absolute atomic E-state index is 13.2. The van der Waals surface area contributed by atoms with Crippen LogP contribution in [-0.4, -0.2) is 15.0 Å². The number of amides is 1. The van der Waals surface area contributed by atoms with Crippen LogP contribution in [0.25, 0.3) is 22.1 Å². The molecule has 7 nitrogen and oxygen atoms in total. The third-order valence-corrected chi connectivity index (χ3v) is 5.30. The minimum Gasteiger partial charge on any atom is -0.449 e. The lowest BCUT2D eigenvalue weighted by atomic mass is 10.1. The van der Waals surface area contributed by atoms with Crippen molar-refractivity contribution in [3.05, 3.63) is 74.4 Å². The number of benzene rings is 2. The molecule has 0 saturated carbocycles. The molecule has 154 valence electrons. The number of aryl methyl sites for hydroxylation is 2. The van der Waals surface area contributed by atoms with E-state index in [2.05, 4.69) is 5.32 Å². The van der Waals surface area contributed by atoms with Crippen LogP contribution in [0.15, 0.2) is 56.5 Å². The molecule has 30 heavy (non-hydrogen) atoms. The fraction of sp³-hybridized carbons (Fsp3) is 0.261. The van der Waals surface area contributed by atoms with Gasteiger partial charge in [0.2, 0.25) is 11.5 Å². The second-order valence-electron chi connectivity index (χ2n) is 7.76. The Bertz CT molecular complexity index is 1410. The zero-order valence-corrected chi connectivity index (χ0v) is 17.4. The number of rotatable bonds is 4. The number of fused-ring (bicyclic) bond motifs is 3. The van der Waals surface area contributed by atoms with Gasteiger partial charge in [-0.3, -0.25) is 18.7 Å². The van der Waals surface area contributed by atoms with E-state index in [1.165, 1.54) is 4.57 Å². The van der Waals surface area contributed by atoms with Crippen molar-refractivity contribution in [1.82, 2.24) is 9.13 Å². The van der Waals surface area contributed by atoms with Gasteiger partial charge in [-0.05, 0) is 63.1 Å². The van der Waals surface area contributed by atoms with Crippen LogP contribution in [0.4, 0.5) is 5.69 Å². The SMILES string of the molecule is Cc1ccc(NC(=O)Cn2c(=O)n(C(C)C)c(=O)c3oc4ccccc4c32)cc1C. The highest BCUT2D eigenvalue weighted by molar-refractivity contribution is 6.03. The van der Waals surface area contributed by atoms with E-state index in [0.29, 0.717) is 22.2 Å². The van der Waals surface area contributed by atoms with Crippen LogP contribution in [-0.2, 0) is 11.3 Å². The Morgan fingerprint density at radius 3 is 2.50 bits per heavy atom. The molecule has 0 aliphatic carbocycles. The number of hydrogen-bond acceptors (Lipinski definition) is 4.